The van der Waals surface area contributed by atoms with E-state index in [9.17, 15) is 18.0 Å². The molecule has 0 saturated heterocycles. The Balaban J connectivity index is 2.26. The first kappa shape index (κ1) is 13.7. The van der Waals surface area contributed by atoms with Crippen LogP contribution in [0, 0.1) is 0 Å². The molecule has 0 unspecified atom stereocenters. The van der Waals surface area contributed by atoms with Gasteiger partial charge in [0.15, 0.2) is 0 Å². The molecule has 2 aromatic rings. The summed E-state index contributed by atoms with van der Waals surface area (Å²) in [5, 5.41) is 0. The number of aldehydes is 1. The van der Waals surface area contributed by atoms with Gasteiger partial charge in [-0.25, -0.2) is 0 Å². The zero-order valence-electron chi connectivity index (χ0n) is 9.61. The van der Waals surface area contributed by atoms with E-state index in [0.29, 0.717) is 17.8 Å². The molecule has 2 rings (SSSR count). The highest BCUT2D eigenvalue weighted by Gasteiger charge is 2.33. The van der Waals surface area contributed by atoms with Crippen molar-refractivity contribution in [3.63, 3.8) is 0 Å². The molecule has 19 heavy (non-hydrogen) atoms. The van der Waals surface area contributed by atoms with Gasteiger partial charge in [-0.2, -0.15) is 13.2 Å². The molecule has 100 valence electrons. The third-order valence-corrected chi connectivity index (χ3v) is 3.49. The van der Waals surface area contributed by atoms with E-state index in [4.69, 9.17) is 4.42 Å². The molecule has 0 aliphatic heterocycles. The van der Waals surface area contributed by atoms with Gasteiger partial charge in [0.2, 0.25) is 0 Å². The van der Waals surface area contributed by atoms with E-state index in [0.717, 1.165) is 17.8 Å². The van der Waals surface area contributed by atoms with Crippen LogP contribution in [0.25, 0.3) is 0 Å². The minimum atomic E-state index is -4.48. The van der Waals surface area contributed by atoms with Crippen LogP contribution < -0.4 is 0 Å². The van der Waals surface area contributed by atoms with Crippen molar-refractivity contribution in [2.75, 3.05) is 0 Å². The third-order valence-electron chi connectivity index (χ3n) is 2.40. The normalized spacial score (nSPS) is 11.5. The van der Waals surface area contributed by atoms with Crippen LogP contribution in [0.2, 0.25) is 0 Å². The first-order chi connectivity index (χ1) is 9.00. The lowest BCUT2D eigenvalue weighted by molar-refractivity contribution is -0.139. The summed E-state index contributed by atoms with van der Waals surface area (Å²) in [4.78, 5) is 10.6. The van der Waals surface area contributed by atoms with Gasteiger partial charge in [0.25, 0.3) is 0 Å². The van der Waals surface area contributed by atoms with E-state index >= 15 is 0 Å². The molecule has 1 aromatic heterocycles. The zero-order valence-corrected chi connectivity index (χ0v) is 10.4. The molecule has 6 heteroatoms. The fraction of sp³-hybridized carbons (Fsp3) is 0.154. The van der Waals surface area contributed by atoms with Gasteiger partial charge in [-0.05, 0) is 24.3 Å². The van der Waals surface area contributed by atoms with Crippen molar-refractivity contribution in [2.24, 2.45) is 0 Å². The fourth-order valence-corrected chi connectivity index (χ4v) is 2.47. The maximum atomic E-state index is 12.9. The van der Waals surface area contributed by atoms with Crippen LogP contribution in [-0.2, 0) is 11.9 Å². The summed E-state index contributed by atoms with van der Waals surface area (Å²) in [5.41, 5.74) is -0.789. The average Bonchev–Trinajstić information content (AvgIpc) is 2.88. The molecular formula is C13H9F3O2S. The van der Waals surface area contributed by atoms with Gasteiger partial charge in [0.1, 0.15) is 12.0 Å². The van der Waals surface area contributed by atoms with Crippen LogP contribution in [0.1, 0.15) is 21.7 Å². The molecule has 2 nitrogen and oxygen atoms in total. The second-order valence-corrected chi connectivity index (χ2v) is 4.76. The Morgan fingerprint density at radius 2 is 2.05 bits per heavy atom. The number of carbonyl (C=O) groups excluding carboxylic acids is 1. The van der Waals surface area contributed by atoms with Gasteiger partial charge in [0, 0.05) is 10.5 Å². The number of thioether (sulfide) groups is 1. The van der Waals surface area contributed by atoms with Crippen molar-refractivity contribution in [3.05, 3.63) is 53.5 Å². The van der Waals surface area contributed by atoms with Gasteiger partial charge < -0.3 is 4.42 Å². The summed E-state index contributed by atoms with van der Waals surface area (Å²) in [7, 11) is 0. The lowest BCUT2D eigenvalue weighted by Gasteiger charge is -2.12. The van der Waals surface area contributed by atoms with Crippen LogP contribution in [0.5, 0.6) is 0 Å². The standard InChI is InChI=1S/C13H9F3O2S/c14-13(15,16)11-6-9(7-17)3-4-12(11)19-8-10-2-1-5-18-10/h1-7H,8H2. The first-order valence-corrected chi connectivity index (χ1v) is 6.31. The predicted molar refractivity (Wildman–Crippen MR) is 65.1 cm³/mol. The lowest BCUT2D eigenvalue weighted by Crippen LogP contribution is -2.07. The minimum absolute atomic E-state index is 0.00896. The van der Waals surface area contributed by atoms with E-state index in [1.165, 1.54) is 18.4 Å². The fourth-order valence-electron chi connectivity index (χ4n) is 1.51. The number of halogens is 3. The number of hydrogen-bond acceptors (Lipinski definition) is 3. The van der Waals surface area contributed by atoms with Gasteiger partial charge in [-0.1, -0.05) is 6.07 Å². The van der Waals surface area contributed by atoms with Crippen LogP contribution in [-0.4, -0.2) is 6.29 Å². The lowest BCUT2D eigenvalue weighted by atomic mass is 10.1. The average molecular weight is 286 g/mol. The molecule has 0 atom stereocenters. The van der Waals surface area contributed by atoms with Crippen molar-refractivity contribution in [2.45, 2.75) is 16.8 Å². The summed E-state index contributed by atoms with van der Waals surface area (Å²) in [6.45, 7) is 0. The number of alkyl halides is 3. The highest BCUT2D eigenvalue weighted by molar-refractivity contribution is 7.98. The van der Waals surface area contributed by atoms with Crippen LogP contribution in [0.15, 0.2) is 45.9 Å². The van der Waals surface area contributed by atoms with Crippen molar-refractivity contribution < 1.29 is 22.4 Å². The molecular weight excluding hydrogens is 277 g/mol. The monoisotopic (exact) mass is 286 g/mol. The molecule has 0 aliphatic carbocycles. The Bertz CT molecular complexity index is 562. The molecule has 0 bridgehead atoms. The minimum Gasteiger partial charge on any atom is -0.468 e. The molecule has 0 aliphatic rings. The summed E-state index contributed by atoms with van der Waals surface area (Å²) in [5.74, 6) is 0.897. The number of furan rings is 1. The van der Waals surface area contributed by atoms with Crippen LogP contribution in [0.4, 0.5) is 13.2 Å². The largest absolute Gasteiger partial charge is 0.468 e. The van der Waals surface area contributed by atoms with Gasteiger partial charge in [-0.15, -0.1) is 11.8 Å². The molecule has 0 radical (unpaired) electrons. The quantitative estimate of drug-likeness (QED) is 0.616. The molecule has 0 fully saturated rings. The Morgan fingerprint density at radius 3 is 2.63 bits per heavy atom. The summed E-state index contributed by atoms with van der Waals surface area (Å²) in [6.07, 6.45) is -2.61. The van der Waals surface area contributed by atoms with Crippen molar-refractivity contribution >= 4 is 18.0 Å². The zero-order chi connectivity index (χ0) is 13.9. The summed E-state index contributed by atoms with van der Waals surface area (Å²) >= 11 is 1.02. The Labute approximate surface area is 111 Å². The van der Waals surface area contributed by atoms with E-state index in [-0.39, 0.29) is 10.5 Å². The highest BCUT2D eigenvalue weighted by Crippen LogP contribution is 2.38. The summed E-state index contributed by atoms with van der Waals surface area (Å²) < 4.78 is 43.7. The maximum Gasteiger partial charge on any atom is 0.417 e. The summed E-state index contributed by atoms with van der Waals surface area (Å²) in [6, 6.07) is 6.90. The predicted octanol–water partition coefficient (Wildman–Crippen LogP) is 4.40. The van der Waals surface area contributed by atoms with E-state index < -0.39 is 11.7 Å². The second-order valence-electron chi connectivity index (χ2n) is 3.74. The number of hydrogen-bond donors (Lipinski definition) is 0. The molecule has 0 amide bonds. The van der Waals surface area contributed by atoms with Crippen LogP contribution >= 0.6 is 11.8 Å². The third kappa shape index (κ3) is 3.41. The smallest absolute Gasteiger partial charge is 0.417 e. The number of carbonyl (C=O) groups is 1. The highest BCUT2D eigenvalue weighted by atomic mass is 32.2. The van der Waals surface area contributed by atoms with Gasteiger partial charge in [0.05, 0.1) is 17.6 Å². The van der Waals surface area contributed by atoms with Crippen molar-refractivity contribution in [1.82, 2.24) is 0 Å². The molecule has 0 spiro atoms. The molecule has 0 N–H and O–H groups in total. The van der Waals surface area contributed by atoms with Gasteiger partial charge in [-0.3, -0.25) is 4.79 Å². The number of benzene rings is 1. The maximum absolute atomic E-state index is 12.9. The molecule has 0 saturated carbocycles. The van der Waals surface area contributed by atoms with E-state index in [1.54, 1.807) is 12.1 Å². The van der Waals surface area contributed by atoms with Crippen LogP contribution in [0.3, 0.4) is 0 Å². The Hall–Kier alpha value is -1.69. The van der Waals surface area contributed by atoms with E-state index in [1.807, 2.05) is 0 Å². The topological polar surface area (TPSA) is 30.2 Å². The SMILES string of the molecule is O=Cc1ccc(SCc2ccco2)c(C(F)(F)F)c1. The van der Waals surface area contributed by atoms with Gasteiger partial charge >= 0.3 is 6.18 Å². The van der Waals surface area contributed by atoms with Crippen molar-refractivity contribution in [1.29, 1.82) is 0 Å². The van der Waals surface area contributed by atoms with Crippen molar-refractivity contribution in [3.8, 4) is 0 Å². The molecule has 1 heterocycles. The second kappa shape index (κ2) is 5.52. The number of rotatable bonds is 4. The molecule has 1 aromatic carbocycles. The Kier molecular flexibility index (Phi) is 3.99. The Morgan fingerprint density at radius 1 is 1.26 bits per heavy atom. The van der Waals surface area contributed by atoms with E-state index in [2.05, 4.69) is 0 Å². The first-order valence-electron chi connectivity index (χ1n) is 5.32.